The van der Waals surface area contributed by atoms with Crippen LogP contribution in [-0.2, 0) is 4.79 Å². The molecule has 2 aromatic carbocycles. The molecule has 6 rings (SSSR count). The van der Waals surface area contributed by atoms with Crippen LogP contribution in [-0.4, -0.2) is 43.3 Å². The van der Waals surface area contributed by atoms with E-state index in [2.05, 4.69) is 30.7 Å². The monoisotopic (exact) mass is 519 g/mol. The minimum atomic E-state index is -1.36. The van der Waals surface area contributed by atoms with Crippen molar-refractivity contribution in [2.24, 2.45) is 4.99 Å². The summed E-state index contributed by atoms with van der Waals surface area (Å²) in [5.74, 6) is -1.90. The molecule has 2 N–H and O–H groups in total. The molecule has 3 aromatic heterocycles. The second-order valence-corrected chi connectivity index (χ2v) is 9.12. The minimum Gasteiger partial charge on any atom is -0.321 e. The third-order valence-electron chi connectivity index (χ3n) is 6.44. The van der Waals surface area contributed by atoms with Crippen LogP contribution in [0.3, 0.4) is 0 Å². The number of benzene rings is 2. The molecule has 192 valence electrons. The second-order valence-electron chi connectivity index (χ2n) is 9.12. The number of hydrogen-bond donors (Lipinski definition) is 2. The number of para-hydroxylation sites is 1. The standard InChI is InChI=1S/C29H22FN7O2/c1-16-15-31-14-13-19(16)25-26(37-22(32-25)12-11-17(2)36-37)28(38)35-27-29(39)34-24-20(9-6-10-21(24)30)23(33-27)18-7-4-3-5-8-18/h3-15,27H,1-2H3,(H,34,39)(H,35,38)/t27-/m1/s1. The Morgan fingerprint density at radius 1 is 1.00 bits per heavy atom. The number of rotatable bonds is 4. The van der Waals surface area contributed by atoms with Gasteiger partial charge in [-0.25, -0.2) is 18.9 Å². The summed E-state index contributed by atoms with van der Waals surface area (Å²) in [7, 11) is 0. The van der Waals surface area contributed by atoms with Crippen molar-refractivity contribution < 1.29 is 14.0 Å². The first-order valence-corrected chi connectivity index (χ1v) is 12.2. The molecule has 0 aliphatic carbocycles. The molecule has 1 aliphatic rings. The van der Waals surface area contributed by atoms with Crippen LogP contribution in [0.2, 0.25) is 0 Å². The maximum Gasteiger partial charge on any atom is 0.274 e. The quantitative estimate of drug-likeness (QED) is 0.371. The molecular weight excluding hydrogens is 497 g/mol. The molecule has 1 atom stereocenters. The summed E-state index contributed by atoms with van der Waals surface area (Å²) in [6.07, 6.45) is 1.94. The number of nitrogens with zero attached hydrogens (tertiary/aromatic N) is 5. The van der Waals surface area contributed by atoms with E-state index in [4.69, 9.17) is 0 Å². The van der Waals surface area contributed by atoms with E-state index < -0.39 is 23.8 Å². The smallest absolute Gasteiger partial charge is 0.274 e. The van der Waals surface area contributed by atoms with Crippen LogP contribution in [0.15, 0.2) is 84.1 Å². The SMILES string of the molecule is Cc1ccc2nc(-c3ccncc3C)c(C(=O)N[C@H]3N=C(c4ccccc4)c4cccc(F)c4NC3=O)n2n1. The van der Waals surface area contributed by atoms with Crippen LogP contribution in [0.25, 0.3) is 16.9 Å². The number of halogens is 1. The molecule has 2 amide bonds. The van der Waals surface area contributed by atoms with E-state index in [1.54, 1.807) is 49.6 Å². The lowest BCUT2D eigenvalue weighted by atomic mass is 10.0. The highest BCUT2D eigenvalue weighted by atomic mass is 19.1. The summed E-state index contributed by atoms with van der Waals surface area (Å²) in [6.45, 7) is 3.67. The molecule has 0 unspecified atom stereocenters. The average Bonchev–Trinajstić information content (AvgIpc) is 3.24. The third-order valence-corrected chi connectivity index (χ3v) is 6.44. The van der Waals surface area contributed by atoms with Crippen molar-refractivity contribution in [2.45, 2.75) is 20.0 Å². The predicted molar refractivity (Wildman–Crippen MR) is 144 cm³/mol. The van der Waals surface area contributed by atoms with E-state index in [1.807, 2.05) is 37.3 Å². The van der Waals surface area contributed by atoms with Gasteiger partial charge in [-0.1, -0.05) is 42.5 Å². The molecule has 0 bridgehead atoms. The molecule has 39 heavy (non-hydrogen) atoms. The Morgan fingerprint density at radius 2 is 1.82 bits per heavy atom. The summed E-state index contributed by atoms with van der Waals surface area (Å²) in [5.41, 5.74) is 4.63. The lowest BCUT2D eigenvalue weighted by Gasteiger charge is -2.14. The Hall–Kier alpha value is -5.25. The van der Waals surface area contributed by atoms with Gasteiger partial charge in [0, 0.05) is 29.1 Å². The first-order chi connectivity index (χ1) is 18.9. The van der Waals surface area contributed by atoms with Gasteiger partial charge in [-0.3, -0.25) is 14.6 Å². The van der Waals surface area contributed by atoms with E-state index in [-0.39, 0.29) is 11.4 Å². The lowest BCUT2D eigenvalue weighted by Crippen LogP contribution is -2.43. The molecule has 1 aliphatic heterocycles. The Labute approximate surface area is 222 Å². The number of aryl methyl sites for hydroxylation is 2. The number of imidazole rings is 1. The fourth-order valence-corrected chi connectivity index (χ4v) is 4.57. The Bertz CT molecular complexity index is 1800. The molecular formula is C29H22FN7O2. The van der Waals surface area contributed by atoms with Crippen molar-refractivity contribution in [3.63, 3.8) is 0 Å². The van der Waals surface area contributed by atoms with Gasteiger partial charge in [-0.2, -0.15) is 5.10 Å². The first-order valence-electron chi connectivity index (χ1n) is 12.2. The van der Waals surface area contributed by atoms with Gasteiger partial charge < -0.3 is 10.6 Å². The Morgan fingerprint density at radius 3 is 2.62 bits per heavy atom. The van der Waals surface area contributed by atoms with Crippen LogP contribution < -0.4 is 10.6 Å². The molecule has 0 saturated heterocycles. The lowest BCUT2D eigenvalue weighted by molar-refractivity contribution is -0.117. The van der Waals surface area contributed by atoms with Gasteiger partial charge in [0.1, 0.15) is 11.5 Å². The van der Waals surface area contributed by atoms with E-state index >= 15 is 0 Å². The zero-order chi connectivity index (χ0) is 27.1. The molecule has 0 radical (unpaired) electrons. The predicted octanol–water partition coefficient (Wildman–Crippen LogP) is 4.09. The fourth-order valence-electron chi connectivity index (χ4n) is 4.57. The topological polar surface area (TPSA) is 114 Å². The third kappa shape index (κ3) is 4.31. The maximum atomic E-state index is 14.8. The van der Waals surface area contributed by atoms with Crippen LogP contribution >= 0.6 is 0 Å². The zero-order valence-corrected chi connectivity index (χ0v) is 21.0. The number of carbonyl (C=O) groups is 2. The molecule has 5 aromatic rings. The molecule has 0 saturated carbocycles. The van der Waals surface area contributed by atoms with Crippen molar-refractivity contribution >= 4 is 28.9 Å². The van der Waals surface area contributed by atoms with Crippen LogP contribution in [0.5, 0.6) is 0 Å². The minimum absolute atomic E-state index is 0.00189. The van der Waals surface area contributed by atoms with Crippen molar-refractivity contribution in [3.8, 4) is 11.3 Å². The van der Waals surface area contributed by atoms with Crippen LogP contribution in [0.1, 0.15) is 32.9 Å². The second kappa shape index (κ2) is 9.56. The van der Waals surface area contributed by atoms with E-state index in [0.29, 0.717) is 39.4 Å². The van der Waals surface area contributed by atoms with Gasteiger partial charge in [0.05, 0.1) is 17.1 Å². The number of carbonyl (C=O) groups excluding carboxylic acids is 2. The number of amides is 2. The summed E-state index contributed by atoms with van der Waals surface area (Å²) >= 11 is 0. The number of nitrogens with one attached hydrogen (secondary N) is 2. The maximum absolute atomic E-state index is 14.8. The van der Waals surface area contributed by atoms with Gasteiger partial charge in [-0.05, 0) is 43.7 Å². The van der Waals surface area contributed by atoms with Crippen molar-refractivity contribution in [1.82, 2.24) is 24.9 Å². The highest BCUT2D eigenvalue weighted by Crippen LogP contribution is 2.29. The van der Waals surface area contributed by atoms with E-state index in [9.17, 15) is 14.0 Å². The molecule has 0 fully saturated rings. The van der Waals surface area contributed by atoms with Crippen LogP contribution in [0.4, 0.5) is 10.1 Å². The molecule has 9 nitrogen and oxygen atoms in total. The normalized spacial score (nSPS) is 14.8. The first kappa shape index (κ1) is 24.1. The van der Waals surface area contributed by atoms with Gasteiger partial charge in [-0.15, -0.1) is 0 Å². The number of pyridine rings is 1. The summed E-state index contributed by atoms with van der Waals surface area (Å²) in [4.78, 5) is 40.6. The highest BCUT2D eigenvalue weighted by Gasteiger charge is 2.31. The number of aliphatic imine (C=N–C) groups is 1. The average molecular weight is 520 g/mol. The van der Waals surface area contributed by atoms with Gasteiger partial charge in [0.25, 0.3) is 11.8 Å². The molecule has 10 heteroatoms. The van der Waals surface area contributed by atoms with Crippen molar-refractivity contribution in [1.29, 1.82) is 0 Å². The van der Waals surface area contributed by atoms with Gasteiger partial charge >= 0.3 is 0 Å². The number of fused-ring (bicyclic) bond motifs is 2. The number of benzodiazepines with no additional fused rings is 1. The largest absolute Gasteiger partial charge is 0.321 e. The Kier molecular flexibility index (Phi) is 5.91. The zero-order valence-electron chi connectivity index (χ0n) is 21.0. The molecule has 0 spiro atoms. The van der Waals surface area contributed by atoms with Crippen molar-refractivity contribution in [3.05, 3.63) is 113 Å². The van der Waals surface area contributed by atoms with E-state index in [0.717, 1.165) is 5.56 Å². The van der Waals surface area contributed by atoms with Crippen molar-refractivity contribution in [2.75, 3.05) is 5.32 Å². The summed E-state index contributed by atoms with van der Waals surface area (Å²) in [5, 5.41) is 9.83. The Balaban J connectivity index is 1.47. The van der Waals surface area contributed by atoms with Gasteiger partial charge in [0.15, 0.2) is 11.3 Å². The number of hydrogen-bond acceptors (Lipinski definition) is 6. The summed E-state index contributed by atoms with van der Waals surface area (Å²) < 4.78 is 16.3. The summed E-state index contributed by atoms with van der Waals surface area (Å²) in [6, 6.07) is 18.9. The molecule has 4 heterocycles. The fraction of sp³-hybridized carbons (Fsp3) is 0.103. The van der Waals surface area contributed by atoms with E-state index in [1.165, 1.54) is 10.6 Å². The van der Waals surface area contributed by atoms with Gasteiger partial charge in [0.2, 0.25) is 6.17 Å². The van der Waals surface area contributed by atoms with Crippen LogP contribution in [0, 0.1) is 19.7 Å². The number of aromatic nitrogens is 4. The number of anilines is 1. The highest BCUT2D eigenvalue weighted by molar-refractivity contribution is 6.20.